The molecule has 1 aliphatic carbocycles. The minimum atomic E-state index is 0.423. The van der Waals surface area contributed by atoms with Crippen LogP contribution in [0.4, 0.5) is 5.95 Å². The molecule has 0 saturated heterocycles. The quantitative estimate of drug-likeness (QED) is 0.757. The Morgan fingerprint density at radius 1 is 1.20 bits per heavy atom. The van der Waals surface area contributed by atoms with Gasteiger partial charge in [-0.25, -0.2) is 0 Å². The Kier molecular flexibility index (Phi) is 1.94. The topological polar surface area (TPSA) is 80.9 Å². The molecule has 0 aromatic carbocycles. The Hall–Kier alpha value is -1.79. The summed E-state index contributed by atoms with van der Waals surface area (Å²) in [4.78, 5) is 0. The first kappa shape index (κ1) is 8.51. The number of anilines is 1. The lowest BCUT2D eigenvalue weighted by Gasteiger charge is -2.09. The number of aromatic nitrogens is 6. The van der Waals surface area contributed by atoms with Crippen molar-refractivity contribution >= 4 is 11.7 Å². The van der Waals surface area contributed by atoms with Gasteiger partial charge in [0.1, 0.15) is 6.33 Å². The average molecular weight is 205 g/mol. The molecule has 1 saturated carbocycles. The number of nitrogens with one attached hydrogen (secondary N) is 1. The van der Waals surface area contributed by atoms with Crippen molar-refractivity contribution in [3.8, 4) is 0 Å². The van der Waals surface area contributed by atoms with Crippen LogP contribution in [0.15, 0.2) is 6.33 Å². The molecule has 2 heterocycles. The molecule has 3 rings (SSSR count). The summed E-state index contributed by atoms with van der Waals surface area (Å²) >= 11 is 0. The number of nitrogens with zero attached hydrogens (tertiary/aromatic N) is 6. The minimum Gasteiger partial charge on any atom is -0.349 e. The summed E-state index contributed by atoms with van der Waals surface area (Å²) in [5.41, 5.74) is 0. The number of rotatable bonds is 2. The zero-order chi connectivity index (χ0) is 10.1. The maximum atomic E-state index is 4.21. The SMILES string of the molecule is c1nnc2nnc(NC3CCCC3)nn12. The standard InChI is InChI=1S/C8H11N7/c1-2-4-6(3-1)10-7-11-13-8-12-9-5-15(8)14-7/h5-6H,1-4H2,(H,10,14). The minimum absolute atomic E-state index is 0.423. The van der Waals surface area contributed by atoms with Gasteiger partial charge in [-0.2, -0.15) is 4.52 Å². The second-order valence-corrected chi connectivity index (χ2v) is 3.72. The number of hydrogen-bond acceptors (Lipinski definition) is 6. The molecular formula is C8H11N7. The molecule has 0 amide bonds. The van der Waals surface area contributed by atoms with Crippen LogP contribution in [0.5, 0.6) is 0 Å². The zero-order valence-corrected chi connectivity index (χ0v) is 8.17. The van der Waals surface area contributed by atoms with Crippen molar-refractivity contribution < 1.29 is 0 Å². The summed E-state index contributed by atoms with van der Waals surface area (Å²) in [7, 11) is 0. The average Bonchev–Trinajstić information content (AvgIpc) is 2.87. The van der Waals surface area contributed by atoms with E-state index in [0.29, 0.717) is 17.8 Å². The first-order valence-electron chi connectivity index (χ1n) is 5.09. The lowest BCUT2D eigenvalue weighted by atomic mass is 10.3. The highest BCUT2D eigenvalue weighted by Gasteiger charge is 2.16. The van der Waals surface area contributed by atoms with Crippen molar-refractivity contribution in [2.45, 2.75) is 31.7 Å². The predicted octanol–water partition coefficient (Wildman–Crippen LogP) is 0.269. The number of fused-ring (bicyclic) bond motifs is 1. The van der Waals surface area contributed by atoms with Crippen molar-refractivity contribution in [3.63, 3.8) is 0 Å². The molecule has 78 valence electrons. The van der Waals surface area contributed by atoms with Crippen LogP contribution in [0.2, 0.25) is 0 Å². The first-order chi connectivity index (χ1) is 7.42. The summed E-state index contributed by atoms with van der Waals surface area (Å²) in [6.07, 6.45) is 6.44. The van der Waals surface area contributed by atoms with Gasteiger partial charge in [-0.05, 0) is 12.8 Å². The lowest BCUT2D eigenvalue weighted by Crippen LogP contribution is -2.18. The molecule has 1 aliphatic rings. The second-order valence-electron chi connectivity index (χ2n) is 3.72. The molecule has 2 aromatic rings. The van der Waals surface area contributed by atoms with Gasteiger partial charge in [-0.15, -0.1) is 25.5 Å². The van der Waals surface area contributed by atoms with E-state index in [2.05, 4.69) is 30.8 Å². The fourth-order valence-electron chi connectivity index (χ4n) is 1.88. The predicted molar refractivity (Wildman–Crippen MR) is 52.3 cm³/mol. The Morgan fingerprint density at radius 3 is 2.93 bits per heavy atom. The smallest absolute Gasteiger partial charge is 0.290 e. The van der Waals surface area contributed by atoms with Crippen LogP contribution in [0, 0.1) is 0 Å². The maximum Gasteiger partial charge on any atom is 0.290 e. The number of hydrogen-bond donors (Lipinski definition) is 1. The van der Waals surface area contributed by atoms with Gasteiger partial charge in [0, 0.05) is 6.04 Å². The summed E-state index contributed by atoms with van der Waals surface area (Å²) in [5, 5.41) is 22.7. The highest BCUT2D eigenvalue weighted by molar-refractivity contribution is 5.27. The molecule has 7 nitrogen and oxygen atoms in total. The fraction of sp³-hybridized carbons (Fsp3) is 0.625. The Morgan fingerprint density at radius 2 is 2.07 bits per heavy atom. The summed E-state index contributed by atoms with van der Waals surface area (Å²) in [6.45, 7) is 0. The molecular weight excluding hydrogens is 194 g/mol. The first-order valence-corrected chi connectivity index (χ1v) is 5.09. The molecule has 2 aromatic heterocycles. The van der Waals surface area contributed by atoms with Gasteiger partial charge in [0.05, 0.1) is 0 Å². The third-order valence-electron chi connectivity index (χ3n) is 2.64. The van der Waals surface area contributed by atoms with Crippen LogP contribution in [0.1, 0.15) is 25.7 Å². The monoisotopic (exact) mass is 205 g/mol. The van der Waals surface area contributed by atoms with E-state index in [1.165, 1.54) is 36.5 Å². The van der Waals surface area contributed by atoms with Gasteiger partial charge in [0.2, 0.25) is 0 Å². The molecule has 0 unspecified atom stereocenters. The molecule has 0 atom stereocenters. The molecule has 0 radical (unpaired) electrons. The third-order valence-corrected chi connectivity index (χ3v) is 2.64. The molecule has 15 heavy (non-hydrogen) atoms. The van der Waals surface area contributed by atoms with Crippen LogP contribution < -0.4 is 5.32 Å². The van der Waals surface area contributed by atoms with Crippen molar-refractivity contribution in [2.24, 2.45) is 0 Å². The van der Waals surface area contributed by atoms with E-state index < -0.39 is 0 Å². The third kappa shape index (κ3) is 1.60. The van der Waals surface area contributed by atoms with E-state index in [1.54, 1.807) is 0 Å². The van der Waals surface area contributed by atoms with Gasteiger partial charge < -0.3 is 5.32 Å². The molecule has 0 bridgehead atoms. The molecule has 0 aliphatic heterocycles. The lowest BCUT2D eigenvalue weighted by molar-refractivity contribution is 0.721. The van der Waals surface area contributed by atoms with Gasteiger partial charge in [-0.1, -0.05) is 12.8 Å². The Balaban J connectivity index is 1.84. The van der Waals surface area contributed by atoms with Crippen LogP contribution in [0.25, 0.3) is 5.78 Å². The van der Waals surface area contributed by atoms with Crippen LogP contribution in [-0.2, 0) is 0 Å². The molecule has 7 heteroatoms. The summed E-state index contributed by atoms with van der Waals surface area (Å²) in [5.74, 6) is 0.973. The summed E-state index contributed by atoms with van der Waals surface area (Å²) < 4.78 is 1.52. The van der Waals surface area contributed by atoms with Gasteiger partial charge in [-0.3, -0.25) is 0 Å². The zero-order valence-electron chi connectivity index (χ0n) is 8.17. The van der Waals surface area contributed by atoms with E-state index in [9.17, 15) is 0 Å². The van der Waals surface area contributed by atoms with Crippen molar-refractivity contribution in [2.75, 3.05) is 5.32 Å². The van der Waals surface area contributed by atoms with Crippen LogP contribution in [-0.4, -0.2) is 36.1 Å². The molecule has 0 spiro atoms. The van der Waals surface area contributed by atoms with Crippen molar-refractivity contribution in [1.29, 1.82) is 0 Å². The fourth-order valence-corrected chi connectivity index (χ4v) is 1.88. The highest BCUT2D eigenvalue weighted by Crippen LogP contribution is 2.20. The second kappa shape index (κ2) is 3.41. The van der Waals surface area contributed by atoms with Crippen LogP contribution >= 0.6 is 0 Å². The van der Waals surface area contributed by atoms with Crippen molar-refractivity contribution in [3.05, 3.63) is 6.33 Å². The van der Waals surface area contributed by atoms with Gasteiger partial charge in [0.15, 0.2) is 0 Å². The highest BCUT2D eigenvalue weighted by atomic mass is 15.5. The van der Waals surface area contributed by atoms with E-state index in [0.717, 1.165) is 0 Å². The Labute approximate surface area is 85.9 Å². The molecule has 1 fully saturated rings. The largest absolute Gasteiger partial charge is 0.349 e. The van der Waals surface area contributed by atoms with Crippen LogP contribution in [0.3, 0.4) is 0 Å². The van der Waals surface area contributed by atoms with Gasteiger partial charge in [0.25, 0.3) is 11.7 Å². The maximum absolute atomic E-state index is 4.21. The Bertz CT molecular complexity index is 459. The van der Waals surface area contributed by atoms with E-state index in [-0.39, 0.29) is 0 Å². The van der Waals surface area contributed by atoms with E-state index >= 15 is 0 Å². The normalized spacial score (nSPS) is 17.3. The van der Waals surface area contributed by atoms with E-state index in [1.807, 2.05) is 0 Å². The van der Waals surface area contributed by atoms with Crippen molar-refractivity contribution in [1.82, 2.24) is 30.0 Å². The van der Waals surface area contributed by atoms with Gasteiger partial charge >= 0.3 is 0 Å². The summed E-state index contributed by atoms with van der Waals surface area (Å²) in [6, 6.07) is 0.487. The van der Waals surface area contributed by atoms with E-state index in [4.69, 9.17) is 0 Å². The molecule has 1 N–H and O–H groups in total.